The monoisotopic (exact) mass is 454 g/mol. The molecule has 0 fully saturated rings. The van der Waals surface area contributed by atoms with Crippen LogP contribution in [0.1, 0.15) is 39.4 Å². The van der Waals surface area contributed by atoms with Crippen molar-refractivity contribution in [1.29, 1.82) is 0 Å². The summed E-state index contributed by atoms with van der Waals surface area (Å²) < 4.78 is 7.12. The summed E-state index contributed by atoms with van der Waals surface area (Å²) in [7, 11) is 0. The van der Waals surface area contributed by atoms with Crippen LogP contribution in [0.2, 0.25) is 0 Å². The molecule has 5 rings (SSSR count). The summed E-state index contributed by atoms with van der Waals surface area (Å²) in [5.41, 5.74) is 4.79. The molecule has 6 heteroatoms. The average molecular weight is 455 g/mol. The van der Waals surface area contributed by atoms with E-state index in [1.807, 2.05) is 91.9 Å². The largest absolute Gasteiger partial charge is 0.494 e. The second-order valence-electron chi connectivity index (χ2n) is 8.54. The molecular weight excluding hydrogens is 428 g/mol. The van der Waals surface area contributed by atoms with Gasteiger partial charge in [-0.3, -0.25) is 9.47 Å². The van der Waals surface area contributed by atoms with Gasteiger partial charge in [0.1, 0.15) is 6.61 Å². The first-order valence-corrected chi connectivity index (χ1v) is 11.2. The van der Waals surface area contributed by atoms with Crippen LogP contribution in [0.3, 0.4) is 0 Å². The van der Waals surface area contributed by atoms with E-state index in [0.717, 1.165) is 22.3 Å². The van der Waals surface area contributed by atoms with Gasteiger partial charge in [-0.25, -0.2) is 4.79 Å². The molecule has 1 amide bonds. The van der Waals surface area contributed by atoms with Gasteiger partial charge in [0.25, 0.3) is 0 Å². The van der Waals surface area contributed by atoms with E-state index in [0.29, 0.717) is 17.7 Å². The van der Waals surface area contributed by atoms with Crippen LogP contribution in [0.25, 0.3) is 0 Å². The number of hydrogen-bond acceptors (Lipinski definition) is 4. The summed E-state index contributed by atoms with van der Waals surface area (Å²) >= 11 is 0. The molecule has 2 N–H and O–H groups in total. The van der Waals surface area contributed by atoms with Gasteiger partial charge in [-0.05, 0) is 29.2 Å². The summed E-state index contributed by atoms with van der Waals surface area (Å²) in [6.45, 7) is 2.58. The van der Waals surface area contributed by atoms with Crippen LogP contribution in [0.15, 0.2) is 84.9 Å². The zero-order valence-electron chi connectivity index (χ0n) is 18.9. The molecule has 0 saturated heterocycles. The van der Waals surface area contributed by atoms with Crippen LogP contribution in [0.5, 0.6) is 11.8 Å². The number of hydrogen-bond donors (Lipinski definition) is 2. The fourth-order valence-corrected chi connectivity index (χ4v) is 4.63. The molecule has 6 nitrogen and oxygen atoms in total. The quantitative estimate of drug-likeness (QED) is 0.418. The maximum atomic E-state index is 13.2. The minimum Gasteiger partial charge on any atom is -0.494 e. The summed E-state index contributed by atoms with van der Waals surface area (Å²) in [6, 6.07) is 26.3. The SMILES string of the molecule is Cc1ccccc1C1c2c(c(O)n(Cc3ccccc3)c2O)CN1C(=O)OCc1ccccc1. The Hall–Kier alpha value is -4.19. The number of nitrogens with zero attached hydrogens (tertiary/aromatic N) is 2. The molecule has 1 unspecified atom stereocenters. The predicted molar refractivity (Wildman–Crippen MR) is 128 cm³/mol. The summed E-state index contributed by atoms with van der Waals surface area (Å²) in [4.78, 5) is 14.8. The Morgan fingerprint density at radius 2 is 1.50 bits per heavy atom. The lowest BCUT2D eigenvalue weighted by Crippen LogP contribution is -2.31. The molecule has 3 aromatic carbocycles. The van der Waals surface area contributed by atoms with Crippen LogP contribution < -0.4 is 0 Å². The van der Waals surface area contributed by atoms with Crippen molar-refractivity contribution in [2.45, 2.75) is 32.7 Å². The second kappa shape index (κ2) is 8.98. The Kier molecular flexibility index (Phi) is 5.72. The highest BCUT2D eigenvalue weighted by Gasteiger charge is 2.43. The highest BCUT2D eigenvalue weighted by Crippen LogP contribution is 2.49. The Morgan fingerprint density at radius 1 is 0.882 bits per heavy atom. The molecule has 4 aromatic rings. The van der Waals surface area contributed by atoms with Gasteiger partial charge in [0.2, 0.25) is 0 Å². The minimum atomic E-state index is -0.567. The van der Waals surface area contributed by atoms with E-state index >= 15 is 0 Å². The van der Waals surface area contributed by atoms with E-state index in [9.17, 15) is 15.0 Å². The first-order valence-electron chi connectivity index (χ1n) is 11.2. The molecule has 172 valence electrons. The number of aromatic nitrogens is 1. The topological polar surface area (TPSA) is 74.9 Å². The molecule has 0 aliphatic carbocycles. The third-order valence-electron chi connectivity index (χ3n) is 6.37. The molecule has 1 atom stereocenters. The smallest absolute Gasteiger partial charge is 0.411 e. The van der Waals surface area contributed by atoms with Crippen molar-refractivity contribution in [2.75, 3.05) is 0 Å². The molecule has 0 spiro atoms. The number of benzene rings is 3. The van der Waals surface area contributed by atoms with E-state index in [1.54, 1.807) is 4.90 Å². The summed E-state index contributed by atoms with van der Waals surface area (Å²) in [5.74, 6) is -0.0729. The molecule has 0 bridgehead atoms. The van der Waals surface area contributed by atoms with Gasteiger partial charge >= 0.3 is 6.09 Å². The van der Waals surface area contributed by atoms with Crippen molar-refractivity contribution in [3.8, 4) is 11.8 Å². The zero-order chi connectivity index (χ0) is 23.7. The highest BCUT2D eigenvalue weighted by atomic mass is 16.6. The molecule has 1 aliphatic rings. The van der Waals surface area contributed by atoms with E-state index in [4.69, 9.17) is 4.74 Å². The number of rotatable bonds is 5. The van der Waals surface area contributed by atoms with Crippen LogP contribution in [0.4, 0.5) is 4.79 Å². The van der Waals surface area contributed by atoms with Crippen molar-refractivity contribution in [1.82, 2.24) is 9.47 Å². The van der Waals surface area contributed by atoms with Crippen LogP contribution in [-0.4, -0.2) is 25.8 Å². The van der Waals surface area contributed by atoms with Crippen molar-refractivity contribution in [3.05, 3.63) is 118 Å². The van der Waals surface area contributed by atoms with Gasteiger partial charge in [0.15, 0.2) is 11.8 Å². The van der Waals surface area contributed by atoms with E-state index in [-0.39, 0.29) is 24.9 Å². The molecule has 1 aromatic heterocycles. The van der Waals surface area contributed by atoms with Gasteiger partial charge in [0.05, 0.1) is 19.1 Å². The first-order chi connectivity index (χ1) is 16.5. The van der Waals surface area contributed by atoms with Crippen molar-refractivity contribution < 1.29 is 19.7 Å². The Morgan fingerprint density at radius 3 is 2.18 bits per heavy atom. The maximum absolute atomic E-state index is 13.2. The number of aromatic hydroxyl groups is 2. The number of ether oxygens (including phenoxy) is 1. The standard InChI is InChI=1S/C28H26N2O4/c1-19-10-8-9-15-22(19)25-24-23(17-29(25)28(33)34-18-21-13-6-3-7-14-21)26(31)30(27(24)32)16-20-11-4-2-5-12-20/h2-15,25,31-32H,16-18H2,1H3. The van der Waals surface area contributed by atoms with E-state index < -0.39 is 12.1 Å². The van der Waals surface area contributed by atoms with Crippen LogP contribution in [-0.2, 0) is 24.4 Å². The maximum Gasteiger partial charge on any atom is 0.411 e. The third-order valence-corrected chi connectivity index (χ3v) is 6.37. The van der Waals surface area contributed by atoms with Crippen LogP contribution in [0, 0.1) is 6.92 Å². The molecule has 0 radical (unpaired) electrons. The lowest BCUT2D eigenvalue weighted by molar-refractivity contribution is 0.0879. The number of aryl methyl sites for hydroxylation is 1. The minimum absolute atomic E-state index is 0.0340. The number of carbonyl (C=O) groups excluding carboxylic acids is 1. The normalized spacial score (nSPS) is 14.7. The summed E-state index contributed by atoms with van der Waals surface area (Å²) in [5, 5.41) is 22.3. The fraction of sp³-hybridized carbons (Fsp3) is 0.179. The number of amides is 1. The Labute approximate surface area is 198 Å². The van der Waals surface area contributed by atoms with Crippen LogP contribution >= 0.6 is 0 Å². The number of carbonyl (C=O) groups is 1. The molecular formula is C28H26N2O4. The second-order valence-corrected chi connectivity index (χ2v) is 8.54. The lowest BCUT2D eigenvalue weighted by Gasteiger charge is -2.27. The lowest BCUT2D eigenvalue weighted by atomic mass is 9.96. The highest BCUT2D eigenvalue weighted by molar-refractivity contribution is 5.73. The number of fused-ring (bicyclic) bond motifs is 1. The van der Waals surface area contributed by atoms with Gasteiger partial charge in [-0.15, -0.1) is 0 Å². The molecule has 0 saturated carbocycles. The molecule has 34 heavy (non-hydrogen) atoms. The molecule has 1 aliphatic heterocycles. The zero-order valence-corrected chi connectivity index (χ0v) is 18.9. The van der Waals surface area contributed by atoms with Gasteiger partial charge in [-0.2, -0.15) is 0 Å². The molecule has 2 heterocycles. The van der Waals surface area contributed by atoms with Gasteiger partial charge in [-0.1, -0.05) is 84.9 Å². The Bertz CT molecular complexity index is 1320. The fourth-order valence-electron chi connectivity index (χ4n) is 4.63. The first kappa shape index (κ1) is 21.6. The Balaban J connectivity index is 1.51. The van der Waals surface area contributed by atoms with E-state index in [1.165, 1.54) is 4.57 Å². The van der Waals surface area contributed by atoms with E-state index in [2.05, 4.69) is 0 Å². The summed E-state index contributed by atoms with van der Waals surface area (Å²) in [6.07, 6.45) is -0.498. The van der Waals surface area contributed by atoms with Gasteiger partial charge < -0.3 is 14.9 Å². The third kappa shape index (κ3) is 3.88. The van der Waals surface area contributed by atoms with Gasteiger partial charge in [0, 0.05) is 11.1 Å². The predicted octanol–water partition coefficient (Wildman–Crippen LogP) is 5.50. The van der Waals surface area contributed by atoms with Crippen molar-refractivity contribution >= 4 is 6.09 Å². The van der Waals surface area contributed by atoms with Crippen molar-refractivity contribution in [2.24, 2.45) is 0 Å². The van der Waals surface area contributed by atoms with Crippen molar-refractivity contribution in [3.63, 3.8) is 0 Å². The average Bonchev–Trinajstić information content (AvgIpc) is 3.36.